The lowest BCUT2D eigenvalue weighted by Gasteiger charge is -2.12. The van der Waals surface area contributed by atoms with Gasteiger partial charge in [-0.15, -0.1) is 0 Å². The third-order valence-corrected chi connectivity index (χ3v) is 5.24. The Bertz CT molecular complexity index is 1190. The van der Waals surface area contributed by atoms with E-state index in [1.54, 1.807) is 31.4 Å². The van der Waals surface area contributed by atoms with E-state index in [4.69, 9.17) is 4.42 Å². The number of nitrogens with zero attached hydrogens (tertiary/aromatic N) is 3. The minimum Gasteiger partial charge on any atom is -0.463 e. The number of hydrogen-bond donors (Lipinski definition) is 1. The number of benzene rings is 1. The molecule has 0 fully saturated rings. The molecule has 4 aromatic rings. The molecule has 1 atom stereocenters. The summed E-state index contributed by atoms with van der Waals surface area (Å²) in [7, 11) is 0. The van der Waals surface area contributed by atoms with Crippen LogP contribution < -0.4 is 10.9 Å². The molecular formula is C20H18N4O3S. The summed E-state index contributed by atoms with van der Waals surface area (Å²) in [4.78, 5) is 29.2. The quantitative estimate of drug-likeness (QED) is 0.557. The number of amides is 1. The Kier molecular flexibility index (Phi) is 4.79. The largest absolute Gasteiger partial charge is 0.463 e. The molecule has 0 saturated heterocycles. The lowest BCUT2D eigenvalue weighted by atomic mass is 10.1. The predicted octanol–water partition coefficient (Wildman–Crippen LogP) is 3.70. The fourth-order valence-corrected chi connectivity index (χ4v) is 3.76. The van der Waals surface area contributed by atoms with Gasteiger partial charge in [0.25, 0.3) is 5.56 Å². The summed E-state index contributed by atoms with van der Waals surface area (Å²) in [6.07, 6.45) is 1.54. The molecule has 0 aliphatic heterocycles. The monoisotopic (exact) mass is 394 g/mol. The minimum atomic E-state index is -0.467. The van der Waals surface area contributed by atoms with Crippen molar-refractivity contribution in [3.05, 3.63) is 64.6 Å². The Morgan fingerprint density at radius 1 is 1.29 bits per heavy atom. The first kappa shape index (κ1) is 18.1. The Balaban J connectivity index is 1.49. The lowest BCUT2D eigenvalue weighted by molar-refractivity contribution is -0.119. The van der Waals surface area contributed by atoms with Gasteiger partial charge in [-0.2, -0.15) is 5.10 Å². The summed E-state index contributed by atoms with van der Waals surface area (Å²) in [5, 5.41) is 7.69. The van der Waals surface area contributed by atoms with Gasteiger partial charge in [-0.3, -0.25) is 9.59 Å². The molecule has 1 N–H and O–H groups in total. The molecule has 0 aliphatic rings. The van der Waals surface area contributed by atoms with Crippen LogP contribution in [-0.4, -0.2) is 20.7 Å². The average Bonchev–Trinajstić information content (AvgIpc) is 3.32. The van der Waals surface area contributed by atoms with Crippen LogP contribution in [0.25, 0.3) is 21.7 Å². The molecule has 1 amide bonds. The number of rotatable bonds is 5. The van der Waals surface area contributed by atoms with Crippen LogP contribution in [0.4, 0.5) is 5.13 Å². The molecule has 8 heteroatoms. The predicted molar refractivity (Wildman–Crippen MR) is 108 cm³/mol. The molecule has 142 valence electrons. The molecule has 0 saturated carbocycles. The Morgan fingerprint density at radius 2 is 2.14 bits per heavy atom. The van der Waals surface area contributed by atoms with Crippen molar-refractivity contribution in [1.29, 1.82) is 0 Å². The number of thiazole rings is 1. The van der Waals surface area contributed by atoms with E-state index in [-0.39, 0.29) is 18.0 Å². The van der Waals surface area contributed by atoms with Gasteiger partial charge in [-0.05, 0) is 42.8 Å². The Morgan fingerprint density at radius 3 is 2.93 bits per heavy atom. The number of fused-ring (bicyclic) bond motifs is 1. The zero-order valence-electron chi connectivity index (χ0n) is 15.4. The molecule has 3 heterocycles. The number of aromatic nitrogens is 3. The third-order valence-electron chi connectivity index (χ3n) is 4.31. The van der Waals surface area contributed by atoms with E-state index in [0.29, 0.717) is 16.6 Å². The van der Waals surface area contributed by atoms with Crippen LogP contribution in [0, 0.1) is 12.8 Å². The normalized spacial score (nSPS) is 12.2. The van der Waals surface area contributed by atoms with Crippen LogP contribution in [0.1, 0.15) is 12.5 Å². The van der Waals surface area contributed by atoms with E-state index in [1.807, 2.05) is 25.1 Å². The highest BCUT2D eigenvalue weighted by Crippen LogP contribution is 2.27. The van der Waals surface area contributed by atoms with Crippen molar-refractivity contribution in [3.63, 3.8) is 0 Å². The number of furan rings is 1. The molecule has 7 nitrogen and oxygen atoms in total. The zero-order chi connectivity index (χ0) is 19.7. The summed E-state index contributed by atoms with van der Waals surface area (Å²) >= 11 is 1.43. The summed E-state index contributed by atoms with van der Waals surface area (Å²) in [5.74, 6) is -0.116. The van der Waals surface area contributed by atoms with Crippen LogP contribution in [-0.2, 0) is 11.3 Å². The van der Waals surface area contributed by atoms with Crippen LogP contribution in [0.3, 0.4) is 0 Å². The van der Waals surface area contributed by atoms with E-state index in [9.17, 15) is 9.59 Å². The number of carbonyl (C=O) groups is 1. The van der Waals surface area contributed by atoms with Gasteiger partial charge in [-0.25, -0.2) is 9.67 Å². The summed E-state index contributed by atoms with van der Waals surface area (Å²) < 4.78 is 7.62. The minimum absolute atomic E-state index is 0.156. The number of carbonyl (C=O) groups excluding carboxylic acids is 1. The number of hydrogen-bond acceptors (Lipinski definition) is 6. The van der Waals surface area contributed by atoms with Crippen LogP contribution >= 0.6 is 11.3 Å². The van der Waals surface area contributed by atoms with Crippen molar-refractivity contribution in [2.75, 3.05) is 5.32 Å². The maximum absolute atomic E-state index is 12.6. The summed E-state index contributed by atoms with van der Waals surface area (Å²) in [6.45, 7) is 3.92. The van der Waals surface area contributed by atoms with Crippen molar-refractivity contribution >= 4 is 32.6 Å². The van der Waals surface area contributed by atoms with Gasteiger partial charge in [-0.1, -0.05) is 24.3 Å². The molecule has 0 radical (unpaired) electrons. The Hall–Kier alpha value is -3.26. The second kappa shape index (κ2) is 7.40. The molecule has 1 aromatic carbocycles. The zero-order valence-corrected chi connectivity index (χ0v) is 16.2. The third kappa shape index (κ3) is 3.72. The van der Waals surface area contributed by atoms with Crippen LogP contribution in [0.5, 0.6) is 0 Å². The van der Waals surface area contributed by atoms with Gasteiger partial charge in [0.05, 0.1) is 28.9 Å². The standard InChI is InChI=1S/C20H18N4O3S/c1-12-5-6-15-17(10-12)28-20(21-15)22-19(26)13(2)11-24-18(25)8-7-14(23-24)16-4-3-9-27-16/h3-10,13H,11H2,1-2H3,(H,21,22,26). The van der Waals surface area contributed by atoms with Crippen LogP contribution in [0.15, 0.2) is 57.9 Å². The van der Waals surface area contributed by atoms with E-state index in [1.165, 1.54) is 22.1 Å². The number of nitrogens with one attached hydrogen (secondary N) is 1. The molecule has 0 spiro atoms. The first-order chi connectivity index (χ1) is 13.5. The van der Waals surface area contributed by atoms with Gasteiger partial charge in [0.15, 0.2) is 10.9 Å². The maximum atomic E-state index is 12.6. The molecule has 0 bridgehead atoms. The highest BCUT2D eigenvalue weighted by Gasteiger charge is 2.17. The average molecular weight is 394 g/mol. The van der Waals surface area contributed by atoms with Crippen molar-refractivity contribution in [2.24, 2.45) is 5.92 Å². The van der Waals surface area contributed by atoms with E-state index < -0.39 is 5.92 Å². The first-order valence-corrected chi connectivity index (χ1v) is 9.61. The van der Waals surface area contributed by atoms with Gasteiger partial charge >= 0.3 is 0 Å². The van der Waals surface area contributed by atoms with Gasteiger partial charge in [0.1, 0.15) is 5.69 Å². The molecule has 4 rings (SSSR count). The highest BCUT2D eigenvalue weighted by atomic mass is 32.1. The fraction of sp³-hybridized carbons (Fsp3) is 0.200. The molecule has 28 heavy (non-hydrogen) atoms. The van der Waals surface area contributed by atoms with Crippen molar-refractivity contribution in [2.45, 2.75) is 20.4 Å². The van der Waals surface area contributed by atoms with Crippen molar-refractivity contribution < 1.29 is 9.21 Å². The topological polar surface area (TPSA) is 90.0 Å². The number of aryl methyl sites for hydroxylation is 1. The van der Waals surface area contributed by atoms with E-state index in [2.05, 4.69) is 15.4 Å². The van der Waals surface area contributed by atoms with Crippen molar-refractivity contribution in [3.8, 4) is 11.5 Å². The second-order valence-electron chi connectivity index (χ2n) is 6.60. The lowest BCUT2D eigenvalue weighted by Crippen LogP contribution is -2.30. The van der Waals surface area contributed by atoms with Gasteiger partial charge < -0.3 is 9.73 Å². The molecular weight excluding hydrogens is 376 g/mol. The smallest absolute Gasteiger partial charge is 0.266 e. The Labute approximate surface area is 164 Å². The summed E-state index contributed by atoms with van der Waals surface area (Å²) in [6, 6.07) is 12.5. The van der Waals surface area contributed by atoms with E-state index >= 15 is 0 Å². The van der Waals surface area contributed by atoms with Gasteiger partial charge in [0, 0.05) is 6.07 Å². The maximum Gasteiger partial charge on any atom is 0.266 e. The van der Waals surface area contributed by atoms with Crippen molar-refractivity contribution in [1.82, 2.24) is 14.8 Å². The molecule has 0 aliphatic carbocycles. The van der Waals surface area contributed by atoms with E-state index in [0.717, 1.165) is 15.8 Å². The van der Waals surface area contributed by atoms with Gasteiger partial charge in [0.2, 0.25) is 5.91 Å². The highest BCUT2D eigenvalue weighted by molar-refractivity contribution is 7.22. The first-order valence-electron chi connectivity index (χ1n) is 8.80. The fourth-order valence-electron chi connectivity index (χ4n) is 2.79. The molecule has 1 unspecified atom stereocenters. The summed E-state index contributed by atoms with van der Waals surface area (Å²) in [5.41, 5.74) is 2.26. The number of anilines is 1. The van der Waals surface area contributed by atoms with Crippen LogP contribution in [0.2, 0.25) is 0 Å². The second-order valence-corrected chi connectivity index (χ2v) is 7.63. The molecule has 3 aromatic heterocycles. The SMILES string of the molecule is Cc1ccc2nc(NC(=O)C(C)Cn3nc(-c4ccco4)ccc3=O)sc2c1.